The van der Waals surface area contributed by atoms with Crippen LogP contribution in [0.2, 0.25) is 0 Å². The molecule has 0 radical (unpaired) electrons. The van der Waals surface area contributed by atoms with E-state index in [1.54, 1.807) is 12.1 Å². The lowest BCUT2D eigenvalue weighted by atomic mass is 9.71. The van der Waals surface area contributed by atoms with Crippen LogP contribution in [0.15, 0.2) is 18.2 Å². The normalized spacial score (nSPS) is 12.2. The van der Waals surface area contributed by atoms with Crippen LogP contribution in [0.3, 0.4) is 0 Å². The number of phenolic OH excluding ortho intramolecular Hbond substituents is 1. The first-order chi connectivity index (χ1) is 9.92. The number of carbonyl (C=O) groups is 2. The molecule has 1 aromatic carbocycles. The first-order valence-corrected chi connectivity index (χ1v) is 7.51. The number of carboxylic acid groups (broad SMARTS) is 1. The van der Waals surface area contributed by atoms with Crippen LogP contribution in [0.1, 0.15) is 69.8 Å². The van der Waals surface area contributed by atoms with Gasteiger partial charge in [-0.05, 0) is 35.4 Å². The van der Waals surface area contributed by atoms with Gasteiger partial charge in [0, 0.05) is 17.5 Å². The molecule has 1 rings (SSSR count). The van der Waals surface area contributed by atoms with Crippen molar-refractivity contribution in [3.63, 3.8) is 0 Å². The van der Waals surface area contributed by atoms with Crippen LogP contribution >= 0.6 is 0 Å². The second-order valence-corrected chi connectivity index (χ2v) is 7.67. The minimum absolute atomic E-state index is 0.0285. The number of carbonyl (C=O) groups excluding carboxylic acids is 1. The van der Waals surface area contributed by atoms with Crippen molar-refractivity contribution in [2.45, 2.75) is 59.3 Å². The van der Waals surface area contributed by atoms with Gasteiger partial charge in [0.25, 0.3) is 0 Å². The number of rotatable bonds is 6. The number of aromatic hydroxyl groups is 1. The molecular weight excluding hydrogens is 280 g/mol. The van der Waals surface area contributed by atoms with E-state index in [1.165, 1.54) is 6.07 Å². The van der Waals surface area contributed by atoms with Gasteiger partial charge in [0.2, 0.25) is 0 Å². The Morgan fingerprint density at radius 1 is 1.05 bits per heavy atom. The van der Waals surface area contributed by atoms with E-state index in [9.17, 15) is 14.7 Å². The predicted molar refractivity (Wildman–Crippen MR) is 86.4 cm³/mol. The third kappa shape index (κ3) is 5.17. The van der Waals surface area contributed by atoms with Crippen molar-refractivity contribution in [3.8, 4) is 5.75 Å². The number of benzene rings is 1. The molecule has 2 N–H and O–H groups in total. The Labute approximate surface area is 132 Å². The van der Waals surface area contributed by atoms with Gasteiger partial charge >= 0.3 is 5.97 Å². The average Bonchev–Trinajstić information content (AvgIpc) is 2.33. The van der Waals surface area contributed by atoms with E-state index in [-0.39, 0.29) is 35.2 Å². The van der Waals surface area contributed by atoms with Gasteiger partial charge in [0.05, 0.1) is 6.42 Å². The maximum atomic E-state index is 12.1. The molecular formula is C18H26O4. The molecule has 0 aliphatic heterocycles. The molecule has 0 saturated heterocycles. The standard InChI is InChI=1S/C18H26O4/c1-17(2,3)11-18(4,5)13-10-12(6-7-15(13)20)14(19)8-9-16(21)22/h6-7,10,20H,8-9,11H2,1-5H3,(H,21,22). The number of Topliss-reactive ketones (excluding diaryl/α,β-unsaturated/α-hetero) is 1. The van der Waals surface area contributed by atoms with Crippen molar-refractivity contribution >= 4 is 11.8 Å². The molecule has 0 heterocycles. The van der Waals surface area contributed by atoms with Crippen molar-refractivity contribution < 1.29 is 19.8 Å². The van der Waals surface area contributed by atoms with Crippen LogP contribution in [0.5, 0.6) is 5.75 Å². The second kappa shape index (κ2) is 6.51. The molecule has 4 heteroatoms. The van der Waals surface area contributed by atoms with E-state index in [0.29, 0.717) is 5.56 Å². The molecule has 0 bridgehead atoms. The van der Waals surface area contributed by atoms with E-state index in [0.717, 1.165) is 12.0 Å². The number of ketones is 1. The quantitative estimate of drug-likeness (QED) is 0.774. The molecule has 0 amide bonds. The van der Waals surface area contributed by atoms with Gasteiger partial charge in [-0.25, -0.2) is 0 Å². The Morgan fingerprint density at radius 3 is 2.14 bits per heavy atom. The zero-order valence-corrected chi connectivity index (χ0v) is 14.1. The van der Waals surface area contributed by atoms with Crippen molar-refractivity contribution in [3.05, 3.63) is 29.3 Å². The van der Waals surface area contributed by atoms with Crippen LogP contribution in [0, 0.1) is 5.41 Å². The number of phenols is 1. The molecule has 0 atom stereocenters. The fourth-order valence-corrected chi connectivity index (χ4v) is 3.04. The van der Waals surface area contributed by atoms with E-state index >= 15 is 0 Å². The van der Waals surface area contributed by atoms with Crippen LogP contribution in [-0.2, 0) is 10.2 Å². The molecule has 0 aromatic heterocycles. The Bertz CT molecular complexity index is 565. The van der Waals surface area contributed by atoms with Crippen LogP contribution < -0.4 is 0 Å². The van der Waals surface area contributed by atoms with Gasteiger partial charge < -0.3 is 10.2 Å². The Hall–Kier alpha value is -1.84. The predicted octanol–water partition coefficient (Wildman–Crippen LogP) is 4.15. The van der Waals surface area contributed by atoms with Crippen LogP contribution in [0.4, 0.5) is 0 Å². The summed E-state index contributed by atoms with van der Waals surface area (Å²) < 4.78 is 0. The zero-order valence-electron chi connectivity index (χ0n) is 14.1. The summed E-state index contributed by atoms with van der Waals surface area (Å²) in [5.74, 6) is -1.03. The van der Waals surface area contributed by atoms with Gasteiger partial charge in [-0.3, -0.25) is 9.59 Å². The molecule has 0 aliphatic carbocycles. The molecule has 122 valence electrons. The summed E-state index contributed by atoms with van der Waals surface area (Å²) in [6, 6.07) is 4.77. The van der Waals surface area contributed by atoms with Crippen molar-refractivity contribution in [1.29, 1.82) is 0 Å². The SMILES string of the molecule is CC(C)(C)CC(C)(C)c1cc(C(=O)CCC(=O)O)ccc1O. The summed E-state index contributed by atoms with van der Waals surface area (Å²) in [5, 5.41) is 18.8. The fourth-order valence-electron chi connectivity index (χ4n) is 3.04. The monoisotopic (exact) mass is 306 g/mol. The smallest absolute Gasteiger partial charge is 0.303 e. The summed E-state index contributed by atoms with van der Waals surface area (Å²) in [5.41, 5.74) is 0.977. The maximum absolute atomic E-state index is 12.1. The summed E-state index contributed by atoms with van der Waals surface area (Å²) in [4.78, 5) is 22.7. The second-order valence-electron chi connectivity index (χ2n) is 7.67. The maximum Gasteiger partial charge on any atom is 0.303 e. The number of carboxylic acids is 1. The molecule has 4 nitrogen and oxygen atoms in total. The van der Waals surface area contributed by atoms with E-state index < -0.39 is 5.97 Å². The summed E-state index contributed by atoms with van der Waals surface area (Å²) in [6.07, 6.45) is 0.639. The van der Waals surface area contributed by atoms with Gasteiger partial charge in [-0.15, -0.1) is 0 Å². The molecule has 0 fully saturated rings. The third-order valence-electron chi connectivity index (χ3n) is 3.59. The van der Waals surface area contributed by atoms with E-state index in [4.69, 9.17) is 5.11 Å². The Balaban J connectivity index is 3.09. The van der Waals surface area contributed by atoms with Gasteiger partial charge in [-0.2, -0.15) is 0 Å². The van der Waals surface area contributed by atoms with E-state index in [2.05, 4.69) is 20.8 Å². The highest BCUT2D eigenvalue weighted by atomic mass is 16.4. The third-order valence-corrected chi connectivity index (χ3v) is 3.59. The Kier molecular flexibility index (Phi) is 5.39. The fraction of sp³-hybridized carbons (Fsp3) is 0.556. The molecule has 0 unspecified atom stereocenters. The van der Waals surface area contributed by atoms with Crippen LogP contribution in [-0.4, -0.2) is 22.0 Å². The minimum atomic E-state index is -0.986. The van der Waals surface area contributed by atoms with Gasteiger partial charge in [0.15, 0.2) is 5.78 Å². The molecule has 0 aliphatic rings. The molecule has 1 aromatic rings. The molecule has 0 saturated carbocycles. The largest absolute Gasteiger partial charge is 0.508 e. The Morgan fingerprint density at radius 2 is 1.64 bits per heavy atom. The lowest BCUT2D eigenvalue weighted by Gasteiger charge is -2.33. The first kappa shape index (κ1) is 18.2. The lowest BCUT2D eigenvalue weighted by molar-refractivity contribution is -0.136. The van der Waals surface area contributed by atoms with Crippen molar-refractivity contribution in [2.24, 2.45) is 5.41 Å². The average molecular weight is 306 g/mol. The highest BCUT2D eigenvalue weighted by Crippen LogP contribution is 2.40. The highest BCUT2D eigenvalue weighted by molar-refractivity contribution is 5.97. The van der Waals surface area contributed by atoms with E-state index in [1.807, 2.05) is 13.8 Å². The number of hydrogen-bond donors (Lipinski definition) is 2. The topological polar surface area (TPSA) is 74.6 Å². The van der Waals surface area contributed by atoms with Crippen LogP contribution in [0.25, 0.3) is 0 Å². The molecule has 0 spiro atoms. The van der Waals surface area contributed by atoms with Gasteiger partial charge in [-0.1, -0.05) is 34.6 Å². The highest BCUT2D eigenvalue weighted by Gasteiger charge is 2.30. The van der Waals surface area contributed by atoms with Gasteiger partial charge in [0.1, 0.15) is 5.75 Å². The number of hydrogen-bond acceptors (Lipinski definition) is 3. The molecule has 22 heavy (non-hydrogen) atoms. The summed E-state index contributed by atoms with van der Waals surface area (Å²) in [6.45, 7) is 10.5. The summed E-state index contributed by atoms with van der Waals surface area (Å²) in [7, 11) is 0. The van der Waals surface area contributed by atoms with Crippen molar-refractivity contribution in [2.75, 3.05) is 0 Å². The minimum Gasteiger partial charge on any atom is -0.508 e. The number of aliphatic carboxylic acids is 1. The zero-order chi connectivity index (χ0) is 17.1. The first-order valence-electron chi connectivity index (χ1n) is 7.51. The summed E-state index contributed by atoms with van der Waals surface area (Å²) >= 11 is 0. The van der Waals surface area contributed by atoms with Crippen molar-refractivity contribution in [1.82, 2.24) is 0 Å². The lowest BCUT2D eigenvalue weighted by Crippen LogP contribution is -2.25.